The lowest BCUT2D eigenvalue weighted by atomic mass is 9.57. The number of anilines is 1. The van der Waals surface area contributed by atoms with Gasteiger partial charge in [-0.15, -0.1) is 0 Å². The van der Waals surface area contributed by atoms with Crippen LogP contribution >= 0.6 is 0 Å². The van der Waals surface area contributed by atoms with Crippen molar-refractivity contribution in [3.63, 3.8) is 0 Å². The van der Waals surface area contributed by atoms with E-state index in [-0.39, 0.29) is 23.7 Å². The number of likely N-dealkylation sites (N-methyl/N-ethyl adjacent to an activating group) is 1. The minimum atomic E-state index is -2.60. The van der Waals surface area contributed by atoms with Crippen molar-refractivity contribution >= 4 is 34.8 Å². The molecule has 4 atom stereocenters. The van der Waals surface area contributed by atoms with E-state index in [1.54, 1.807) is 26.2 Å². The van der Waals surface area contributed by atoms with E-state index in [0.29, 0.717) is 17.7 Å². The van der Waals surface area contributed by atoms with Gasteiger partial charge in [-0.1, -0.05) is 0 Å². The summed E-state index contributed by atoms with van der Waals surface area (Å²) >= 11 is 0. The molecule has 1 aromatic carbocycles. The molecule has 4 rings (SSSR count). The van der Waals surface area contributed by atoms with E-state index in [1.807, 2.05) is 6.92 Å². The van der Waals surface area contributed by atoms with Gasteiger partial charge in [0.2, 0.25) is 11.7 Å². The summed E-state index contributed by atoms with van der Waals surface area (Å²) in [5.74, 6) is -6.34. The third-order valence-electron chi connectivity index (χ3n) is 7.12. The summed E-state index contributed by atoms with van der Waals surface area (Å²) in [4.78, 5) is 51.8. The predicted molar refractivity (Wildman–Crippen MR) is 122 cm³/mol. The van der Waals surface area contributed by atoms with Gasteiger partial charge in [-0.05, 0) is 63.0 Å². The van der Waals surface area contributed by atoms with Crippen LogP contribution in [-0.2, 0) is 25.6 Å². The zero-order chi connectivity index (χ0) is 25.3. The molecule has 0 radical (unpaired) electrons. The molecule has 0 spiro atoms. The summed E-state index contributed by atoms with van der Waals surface area (Å²) < 4.78 is 0. The highest BCUT2D eigenvalue weighted by molar-refractivity contribution is 6.24. The van der Waals surface area contributed by atoms with E-state index >= 15 is 0 Å². The number of rotatable bonds is 3. The lowest BCUT2D eigenvalue weighted by Crippen LogP contribution is -2.65. The maximum absolute atomic E-state index is 13.7. The van der Waals surface area contributed by atoms with Crippen LogP contribution in [0.1, 0.15) is 30.0 Å². The van der Waals surface area contributed by atoms with E-state index in [2.05, 4.69) is 5.32 Å². The standard InChI is InChI=1S/C24H27N3O7/c1-9-5-12(26-10(2)28)8-14-13(9)6-11-7-15-18(27(3)4)20(30)17(23(25)33)22(32)24(15,34)21(31)16(11)19(14)29/h5,8,11,15,18,29,32,34H,6-7H2,1-4H3,(H2,25,33)(H,26,28)/t11-,15-,18-,24-/m0/s1. The number of nitrogens with two attached hydrogens (primary N) is 1. The van der Waals surface area contributed by atoms with Gasteiger partial charge >= 0.3 is 0 Å². The van der Waals surface area contributed by atoms with Crippen LogP contribution < -0.4 is 11.1 Å². The molecule has 3 aliphatic rings. The largest absolute Gasteiger partial charge is 0.508 e. The average molecular weight is 469 g/mol. The van der Waals surface area contributed by atoms with Crippen molar-refractivity contribution in [3.05, 3.63) is 45.7 Å². The summed E-state index contributed by atoms with van der Waals surface area (Å²) in [5, 5.41) is 36.2. The fraction of sp³-hybridized carbons (Fsp3) is 0.417. The van der Waals surface area contributed by atoms with Gasteiger partial charge in [-0.25, -0.2) is 0 Å². The summed E-state index contributed by atoms with van der Waals surface area (Å²) in [5.41, 5.74) is 4.15. The molecular formula is C24H27N3O7. The molecule has 0 heterocycles. The van der Waals surface area contributed by atoms with Crippen LogP contribution in [0.2, 0.25) is 0 Å². The van der Waals surface area contributed by atoms with Gasteiger partial charge in [0.25, 0.3) is 5.91 Å². The molecule has 0 saturated heterocycles. The third kappa shape index (κ3) is 3.17. The Morgan fingerprint density at radius 1 is 1.21 bits per heavy atom. The molecule has 0 bridgehead atoms. The maximum Gasteiger partial charge on any atom is 0.255 e. The Labute approximate surface area is 195 Å². The lowest BCUT2D eigenvalue weighted by molar-refractivity contribution is -0.153. The molecule has 2 amide bonds. The van der Waals surface area contributed by atoms with E-state index < -0.39 is 52.3 Å². The minimum absolute atomic E-state index is 0.0900. The first-order valence-corrected chi connectivity index (χ1v) is 10.9. The molecule has 0 aliphatic heterocycles. The molecule has 0 aromatic heterocycles. The number of Topliss-reactive ketones (excluding diaryl/α,β-unsaturated/α-hetero) is 2. The number of hydrogen-bond acceptors (Lipinski definition) is 8. The number of nitrogens with zero attached hydrogens (tertiary/aromatic N) is 1. The smallest absolute Gasteiger partial charge is 0.255 e. The summed E-state index contributed by atoms with van der Waals surface area (Å²) in [6.07, 6.45) is 0.444. The van der Waals surface area contributed by atoms with E-state index in [4.69, 9.17) is 5.73 Å². The Bertz CT molecular complexity index is 1230. The molecule has 10 nitrogen and oxygen atoms in total. The van der Waals surface area contributed by atoms with Crippen molar-refractivity contribution in [1.29, 1.82) is 0 Å². The van der Waals surface area contributed by atoms with Crippen LogP contribution in [0.15, 0.2) is 29.0 Å². The molecule has 0 unspecified atom stereocenters. The number of aryl methyl sites for hydroxylation is 1. The Balaban J connectivity index is 1.94. The van der Waals surface area contributed by atoms with Crippen molar-refractivity contribution in [1.82, 2.24) is 4.90 Å². The van der Waals surface area contributed by atoms with Crippen molar-refractivity contribution in [2.45, 2.75) is 38.3 Å². The Hall–Kier alpha value is -3.50. The molecule has 6 N–H and O–H groups in total. The van der Waals surface area contributed by atoms with Crippen molar-refractivity contribution in [3.8, 4) is 0 Å². The summed E-state index contributed by atoms with van der Waals surface area (Å²) in [7, 11) is 3.14. The van der Waals surface area contributed by atoms with Crippen LogP contribution in [0, 0.1) is 18.8 Å². The van der Waals surface area contributed by atoms with E-state index in [1.165, 1.54) is 11.8 Å². The fourth-order valence-corrected chi connectivity index (χ4v) is 5.72. The molecule has 3 aliphatic carbocycles. The number of nitrogens with one attached hydrogen (secondary N) is 1. The van der Waals surface area contributed by atoms with Crippen LogP contribution in [-0.4, -0.2) is 69.3 Å². The number of amides is 2. The van der Waals surface area contributed by atoms with Crippen molar-refractivity contribution in [2.75, 3.05) is 19.4 Å². The maximum atomic E-state index is 13.7. The van der Waals surface area contributed by atoms with Crippen LogP contribution in [0.4, 0.5) is 5.69 Å². The van der Waals surface area contributed by atoms with Crippen molar-refractivity contribution in [2.24, 2.45) is 17.6 Å². The molecule has 180 valence electrons. The number of carbonyl (C=O) groups is 4. The Morgan fingerprint density at radius 3 is 2.41 bits per heavy atom. The van der Waals surface area contributed by atoms with Crippen LogP contribution in [0.5, 0.6) is 0 Å². The topological polar surface area (TPSA) is 170 Å². The number of primary amides is 1. The number of hydrogen-bond donors (Lipinski definition) is 5. The monoisotopic (exact) mass is 469 g/mol. The first-order chi connectivity index (χ1) is 15.8. The Kier molecular flexibility index (Phi) is 5.41. The quantitative estimate of drug-likeness (QED) is 0.399. The number of aliphatic hydroxyl groups is 3. The first kappa shape index (κ1) is 23.7. The highest BCUT2D eigenvalue weighted by Crippen LogP contribution is 2.52. The highest BCUT2D eigenvalue weighted by atomic mass is 16.3. The normalized spacial score (nSPS) is 28.5. The average Bonchev–Trinajstić information content (AvgIpc) is 2.71. The van der Waals surface area contributed by atoms with Crippen molar-refractivity contribution < 1.29 is 34.5 Å². The molecule has 1 fully saturated rings. The summed E-state index contributed by atoms with van der Waals surface area (Å²) in [6.45, 7) is 3.17. The van der Waals surface area contributed by atoms with Crippen LogP contribution in [0.3, 0.4) is 0 Å². The lowest BCUT2D eigenvalue weighted by Gasteiger charge is -2.50. The van der Waals surface area contributed by atoms with E-state index in [9.17, 15) is 34.5 Å². The number of fused-ring (bicyclic) bond motifs is 3. The first-order valence-electron chi connectivity index (χ1n) is 10.9. The van der Waals surface area contributed by atoms with Gasteiger partial charge in [0.05, 0.1) is 6.04 Å². The molecule has 1 saturated carbocycles. The summed E-state index contributed by atoms with van der Waals surface area (Å²) in [6, 6.07) is 2.23. The predicted octanol–water partition coefficient (Wildman–Crippen LogP) is 0.525. The molecule has 1 aromatic rings. The minimum Gasteiger partial charge on any atom is -0.508 e. The van der Waals surface area contributed by atoms with Crippen LogP contribution in [0.25, 0.3) is 5.76 Å². The van der Waals surface area contributed by atoms with Gasteiger partial charge in [0.15, 0.2) is 11.4 Å². The van der Waals surface area contributed by atoms with Gasteiger partial charge in [0.1, 0.15) is 17.1 Å². The second-order valence-electron chi connectivity index (χ2n) is 9.46. The molecule has 34 heavy (non-hydrogen) atoms. The van der Waals surface area contributed by atoms with Gasteiger partial charge in [0, 0.05) is 29.7 Å². The number of aliphatic hydroxyl groups excluding tert-OH is 2. The van der Waals surface area contributed by atoms with Gasteiger partial charge in [-0.3, -0.25) is 24.1 Å². The zero-order valence-corrected chi connectivity index (χ0v) is 19.3. The van der Waals surface area contributed by atoms with E-state index in [0.717, 1.165) is 11.1 Å². The molecule has 10 heteroatoms. The zero-order valence-electron chi connectivity index (χ0n) is 19.3. The second kappa shape index (κ2) is 7.78. The highest BCUT2D eigenvalue weighted by Gasteiger charge is 2.64. The third-order valence-corrected chi connectivity index (χ3v) is 7.12. The second-order valence-corrected chi connectivity index (χ2v) is 9.46. The Morgan fingerprint density at radius 2 is 1.85 bits per heavy atom. The number of benzene rings is 1. The van der Waals surface area contributed by atoms with Gasteiger partial charge in [-0.2, -0.15) is 0 Å². The number of carbonyl (C=O) groups excluding carboxylic acids is 4. The SMILES string of the molecule is CC(=O)Nc1cc(C)c2c(c1)C(O)=C1C(=O)[C@]3(O)C(O)=C(C(N)=O)C(=O)[C@@H](N(C)C)[C@@H]3C[C@@H]1C2. The van der Waals surface area contributed by atoms with Gasteiger partial charge < -0.3 is 26.4 Å². The number of ketones is 2. The molecular weight excluding hydrogens is 442 g/mol. The fourth-order valence-electron chi connectivity index (χ4n) is 5.72.